The molecule has 0 radical (unpaired) electrons. The van der Waals surface area contributed by atoms with Crippen LogP contribution in [0, 0.1) is 0 Å². The average molecular weight is 328 g/mol. The monoisotopic (exact) mass is 328 g/mol. The maximum Gasteiger partial charge on any atom is 0.412 e. The molecule has 0 unspecified atom stereocenters. The molecule has 0 saturated heterocycles. The number of carbonyl (C=O) groups excluding carboxylic acids is 1. The van der Waals surface area contributed by atoms with Gasteiger partial charge < -0.3 is 14.2 Å². The summed E-state index contributed by atoms with van der Waals surface area (Å²) in [4.78, 5) is 15.4. The normalized spacial score (nSPS) is 10.4. The molecule has 0 aliphatic rings. The third-order valence-corrected chi connectivity index (χ3v) is 3.28. The molecule has 0 atom stereocenters. The fourth-order valence-corrected chi connectivity index (χ4v) is 2.13. The van der Waals surface area contributed by atoms with Crippen molar-refractivity contribution in [1.82, 2.24) is 14.6 Å². The number of nitrogens with zero attached hydrogens (tertiary/aromatic N) is 3. The van der Waals surface area contributed by atoms with Crippen molar-refractivity contribution < 1.29 is 19.0 Å². The van der Waals surface area contributed by atoms with Gasteiger partial charge in [-0.15, -0.1) is 5.10 Å². The number of anilines is 1. The summed E-state index contributed by atoms with van der Waals surface area (Å²) in [5.41, 5.74) is 1.49. The van der Waals surface area contributed by atoms with Crippen molar-refractivity contribution in [3.8, 4) is 11.6 Å². The lowest BCUT2D eigenvalue weighted by atomic mass is 10.2. The molecule has 2 heterocycles. The molecule has 3 aromatic rings. The largest absolute Gasteiger partial charge is 0.496 e. The molecule has 124 valence electrons. The highest BCUT2D eigenvalue weighted by molar-refractivity contribution is 5.83. The molecule has 2 aromatic heterocycles. The van der Waals surface area contributed by atoms with Gasteiger partial charge in [0, 0.05) is 11.6 Å². The van der Waals surface area contributed by atoms with Gasteiger partial charge >= 0.3 is 6.09 Å². The second-order valence-electron chi connectivity index (χ2n) is 4.82. The van der Waals surface area contributed by atoms with Gasteiger partial charge in [0.15, 0.2) is 11.5 Å². The summed E-state index contributed by atoms with van der Waals surface area (Å²) in [6, 6.07) is 11.1. The van der Waals surface area contributed by atoms with Crippen molar-refractivity contribution in [2.24, 2.45) is 0 Å². The van der Waals surface area contributed by atoms with E-state index in [1.165, 1.54) is 11.6 Å². The van der Waals surface area contributed by atoms with Crippen molar-refractivity contribution in [2.75, 3.05) is 19.5 Å². The first-order valence-electron chi connectivity index (χ1n) is 7.15. The molecule has 8 heteroatoms. The molecular formula is C16H16N4O4. The van der Waals surface area contributed by atoms with Crippen LogP contribution in [-0.2, 0) is 11.3 Å². The van der Waals surface area contributed by atoms with Crippen LogP contribution in [0.5, 0.6) is 11.6 Å². The van der Waals surface area contributed by atoms with Crippen LogP contribution >= 0.6 is 0 Å². The molecule has 0 aliphatic heterocycles. The number of aromatic nitrogens is 3. The minimum Gasteiger partial charge on any atom is -0.496 e. The van der Waals surface area contributed by atoms with Crippen LogP contribution in [0.15, 0.2) is 42.6 Å². The van der Waals surface area contributed by atoms with E-state index in [0.717, 1.165) is 11.3 Å². The Morgan fingerprint density at radius 2 is 2.04 bits per heavy atom. The van der Waals surface area contributed by atoms with Crippen LogP contribution in [-0.4, -0.2) is 34.9 Å². The Balaban J connectivity index is 1.74. The minimum atomic E-state index is -0.592. The molecule has 0 fully saturated rings. The van der Waals surface area contributed by atoms with Gasteiger partial charge in [-0.3, -0.25) is 5.32 Å². The number of hydrogen-bond acceptors (Lipinski definition) is 6. The number of carbonyl (C=O) groups is 1. The molecule has 1 amide bonds. The molecular weight excluding hydrogens is 312 g/mol. The lowest BCUT2D eigenvalue weighted by Gasteiger charge is -2.09. The van der Waals surface area contributed by atoms with Crippen LogP contribution < -0.4 is 14.8 Å². The lowest BCUT2D eigenvalue weighted by molar-refractivity contribution is 0.187. The molecule has 24 heavy (non-hydrogen) atoms. The number of para-hydroxylation sites is 1. The molecule has 3 rings (SSSR count). The number of hydrogen-bond donors (Lipinski definition) is 1. The third kappa shape index (κ3) is 3.37. The van der Waals surface area contributed by atoms with Gasteiger partial charge in [0.25, 0.3) is 0 Å². The predicted molar refractivity (Wildman–Crippen MR) is 86.3 cm³/mol. The maximum atomic E-state index is 11.2. The Hall–Kier alpha value is -3.29. The first kappa shape index (κ1) is 15.6. The van der Waals surface area contributed by atoms with E-state index in [1.807, 2.05) is 24.3 Å². The van der Waals surface area contributed by atoms with Gasteiger partial charge in [0.05, 0.1) is 20.4 Å². The smallest absolute Gasteiger partial charge is 0.412 e. The van der Waals surface area contributed by atoms with E-state index in [9.17, 15) is 4.79 Å². The molecule has 1 N–H and O–H groups in total. The number of methoxy groups -OCH3 is 2. The predicted octanol–water partition coefficient (Wildman–Crippen LogP) is 2.50. The van der Waals surface area contributed by atoms with Crippen LogP contribution in [0.25, 0.3) is 5.65 Å². The topological polar surface area (TPSA) is 87.0 Å². The Labute approximate surface area is 138 Å². The summed E-state index contributed by atoms with van der Waals surface area (Å²) in [6.07, 6.45) is 0.980. The molecule has 0 spiro atoms. The highest BCUT2D eigenvalue weighted by Crippen LogP contribution is 2.20. The highest BCUT2D eigenvalue weighted by atomic mass is 16.5. The van der Waals surface area contributed by atoms with E-state index in [1.54, 1.807) is 25.4 Å². The second kappa shape index (κ2) is 6.86. The van der Waals surface area contributed by atoms with Crippen molar-refractivity contribution in [2.45, 2.75) is 6.61 Å². The SMILES string of the molecule is COC(=O)Nc1cn2nc(OCc3ccccc3OC)ccc2n1. The fourth-order valence-electron chi connectivity index (χ4n) is 2.13. The van der Waals surface area contributed by atoms with Gasteiger partial charge in [0.1, 0.15) is 12.4 Å². The third-order valence-electron chi connectivity index (χ3n) is 3.28. The Morgan fingerprint density at radius 1 is 1.21 bits per heavy atom. The average Bonchev–Trinajstić information content (AvgIpc) is 3.01. The van der Waals surface area contributed by atoms with Crippen molar-refractivity contribution in [1.29, 1.82) is 0 Å². The zero-order valence-electron chi connectivity index (χ0n) is 13.2. The molecule has 1 aromatic carbocycles. The van der Waals surface area contributed by atoms with Crippen LogP contribution in [0.2, 0.25) is 0 Å². The lowest BCUT2D eigenvalue weighted by Crippen LogP contribution is -2.10. The highest BCUT2D eigenvalue weighted by Gasteiger charge is 2.08. The van der Waals surface area contributed by atoms with E-state index in [-0.39, 0.29) is 0 Å². The van der Waals surface area contributed by atoms with Crippen molar-refractivity contribution in [3.63, 3.8) is 0 Å². The Bertz CT molecular complexity index is 862. The van der Waals surface area contributed by atoms with Gasteiger partial charge in [-0.2, -0.15) is 0 Å². The Morgan fingerprint density at radius 3 is 2.83 bits per heavy atom. The number of benzene rings is 1. The second-order valence-corrected chi connectivity index (χ2v) is 4.82. The summed E-state index contributed by atoms with van der Waals surface area (Å²) in [6.45, 7) is 0.324. The van der Waals surface area contributed by atoms with E-state index in [0.29, 0.717) is 24.0 Å². The quantitative estimate of drug-likeness (QED) is 0.774. The van der Waals surface area contributed by atoms with E-state index in [2.05, 4.69) is 20.1 Å². The van der Waals surface area contributed by atoms with Crippen LogP contribution in [0.1, 0.15) is 5.56 Å². The number of ether oxygens (including phenoxy) is 3. The number of amides is 1. The van der Waals surface area contributed by atoms with Gasteiger partial charge in [-0.25, -0.2) is 14.3 Å². The van der Waals surface area contributed by atoms with E-state index in [4.69, 9.17) is 9.47 Å². The van der Waals surface area contributed by atoms with Gasteiger partial charge in [-0.1, -0.05) is 18.2 Å². The van der Waals surface area contributed by atoms with E-state index >= 15 is 0 Å². The van der Waals surface area contributed by atoms with Crippen molar-refractivity contribution >= 4 is 17.6 Å². The van der Waals surface area contributed by atoms with Gasteiger partial charge in [-0.05, 0) is 12.1 Å². The molecule has 8 nitrogen and oxygen atoms in total. The summed E-state index contributed by atoms with van der Waals surface area (Å²) in [5, 5.41) is 6.78. The molecule has 0 bridgehead atoms. The first-order valence-corrected chi connectivity index (χ1v) is 7.15. The summed E-state index contributed by atoms with van der Waals surface area (Å²) in [7, 11) is 2.90. The minimum absolute atomic E-state index is 0.324. The summed E-state index contributed by atoms with van der Waals surface area (Å²) >= 11 is 0. The molecule has 0 saturated carbocycles. The number of rotatable bonds is 5. The van der Waals surface area contributed by atoms with E-state index < -0.39 is 6.09 Å². The Kier molecular flexibility index (Phi) is 4.46. The number of fused-ring (bicyclic) bond motifs is 1. The maximum absolute atomic E-state index is 11.2. The molecule has 0 aliphatic carbocycles. The number of imidazole rings is 1. The number of nitrogens with one attached hydrogen (secondary N) is 1. The van der Waals surface area contributed by atoms with Crippen molar-refractivity contribution in [3.05, 3.63) is 48.2 Å². The van der Waals surface area contributed by atoms with Crippen LogP contribution in [0.4, 0.5) is 10.6 Å². The summed E-state index contributed by atoms with van der Waals surface area (Å²) in [5.74, 6) is 1.53. The standard InChI is InChI=1S/C16H16N4O4/c1-22-12-6-4-3-5-11(12)10-24-15-8-7-14-17-13(9-20(14)19-15)18-16(21)23-2/h3-9H,10H2,1-2H3,(H,18,21). The van der Waals surface area contributed by atoms with Crippen LogP contribution in [0.3, 0.4) is 0 Å². The van der Waals surface area contributed by atoms with Gasteiger partial charge in [0.2, 0.25) is 5.88 Å². The zero-order valence-corrected chi connectivity index (χ0v) is 13.2. The first-order chi connectivity index (χ1) is 11.7. The summed E-state index contributed by atoms with van der Waals surface area (Å²) < 4.78 is 17.0. The zero-order chi connectivity index (χ0) is 16.9. The fraction of sp³-hybridized carbons (Fsp3) is 0.188.